The minimum Gasteiger partial charge on any atom is -0.285 e. The van der Waals surface area contributed by atoms with Crippen LogP contribution in [0.3, 0.4) is 0 Å². The molecule has 19 heavy (non-hydrogen) atoms. The fraction of sp³-hybridized carbons (Fsp3) is 0.133. The lowest BCUT2D eigenvalue weighted by Crippen LogP contribution is -1.90. The van der Waals surface area contributed by atoms with E-state index in [2.05, 4.69) is 5.10 Å². The summed E-state index contributed by atoms with van der Waals surface area (Å²) in [5, 5.41) is 7.99. The van der Waals surface area contributed by atoms with Crippen LogP contribution in [0.1, 0.15) is 17.2 Å². The maximum Gasteiger partial charge on any atom is 0.0913 e. The minimum atomic E-state index is 0.376. The molecule has 1 aliphatic heterocycles. The summed E-state index contributed by atoms with van der Waals surface area (Å²) in [4.78, 5) is 0. The maximum absolute atomic E-state index is 5.87. The molecule has 1 atom stereocenters. The summed E-state index contributed by atoms with van der Waals surface area (Å²) < 4.78 is 0. The van der Waals surface area contributed by atoms with Gasteiger partial charge in [-0.3, -0.25) is 5.01 Å². The van der Waals surface area contributed by atoms with E-state index in [1.807, 2.05) is 59.8 Å². The number of nitrogens with zero attached hydrogens (tertiary/aromatic N) is 2. The number of hydrogen-bond acceptors (Lipinski definition) is 2. The minimum absolute atomic E-state index is 0.376. The van der Waals surface area contributed by atoms with E-state index in [0.717, 1.165) is 22.2 Å². The Morgan fingerprint density at radius 2 is 1.53 bits per heavy atom. The van der Waals surface area contributed by atoms with Crippen LogP contribution in [0.25, 0.3) is 0 Å². The van der Waals surface area contributed by atoms with Crippen LogP contribution in [0.5, 0.6) is 0 Å². The smallest absolute Gasteiger partial charge is 0.0913 e. The van der Waals surface area contributed by atoms with Gasteiger partial charge in [0, 0.05) is 10.0 Å². The van der Waals surface area contributed by atoms with Crippen LogP contribution in [-0.2, 0) is 0 Å². The molecule has 0 aromatic heterocycles. The van der Waals surface area contributed by atoms with Gasteiger partial charge < -0.3 is 0 Å². The normalized spacial score (nSPS) is 18.0. The highest BCUT2D eigenvalue weighted by Crippen LogP contribution is 2.35. The molecule has 0 N–H and O–H groups in total. The first-order valence-electron chi connectivity index (χ1n) is 6.04. The van der Waals surface area contributed by atoms with Crippen LogP contribution >= 0.6 is 23.2 Å². The SMILES string of the molecule is Clc1ccc(/C=N/N2CC2c2ccc(Cl)cc2)cc1. The van der Waals surface area contributed by atoms with Gasteiger partial charge in [0.1, 0.15) is 0 Å². The van der Waals surface area contributed by atoms with E-state index < -0.39 is 0 Å². The monoisotopic (exact) mass is 290 g/mol. The van der Waals surface area contributed by atoms with Crippen molar-refractivity contribution in [2.24, 2.45) is 5.10 Å². The second kappa shape index (κ2) is 5.24. The van der Waals surface area contributed by atoms with Crippen LogP contribution in [0, 0.1) is 0 Å². The molecule has 2 aromatic rings. The molecule has 0 bridgehead atoms. The summed E-state index contributed by atoms with van der Waals surface area (Å²) in [7, 11) is 0. The molecule has 2 aromatic carbocycles. The van der Waals surface area contributed by atoms with Crippen LogP contribution < -0.4 is 0 Å². The summed E-state index contributed by atoms with van der Waals surface area (Å²) in [6.45, 7) is 0.950. The molecule has 4 heteroatoms. The molecular weight excluding hydrogens is 279 g/mol. The predicted molar refractivity (Wildman–Crippen MR) is 79.9 cm³/mol. The first kappa shape index (κ1) is 12.5. The molecule has 0 saturated carbocycles. The Morgan fingerprint density at radius 1 is 0.947 bits per heavy atom. The maximum atomic E-state index is 5.87. The van der Waals surface area contributed by atoms with E-state index in [4.69, 9.17) is 23.2 Å². The molecule has 0 aliphatic carbocycles. The summed E-state index contributed by atoms with van der Waals surface area (Å²) in [6.07, 6.45) is 1.85. The van der Waals surface area contributed by atoms with Gasteiger partial charge in [-0.05, 0) is 35.4 Å². The lowest BCUT2D eigenvalue weighted by molar-refractivity contribution is 0.556. The highest BCUT2D eigenvalue weighted by molar-refractivity contribution is 6.30. The fourth-order valence-corrected chi connectivity index (χ4v) is 2.16. The lowest BCUT2D eigenvalue weighted by atomic mass is 10.2. The Labute approximate surface area is 122 Å². The van der Waals surface area contributed by atoms with Crippen molar-refractivity contribution in [3.63, 3.8) is 0 Å². The molecular formula is C15H12Cl2N2. The highest BCUT2D eigenvalue weighted by atomic mass is 35.5. The number of rotatable bonds is 3. The van der Waals surface area contributed by atoms with Crippen molar-refractivity contribution >= 4 is 29.4 Å². The van der Waals surface area contributed by atoms with Crippen molar-refractivity contribution in [2.75, 3.05) is 6.54 Å². The predicted octanol–water partition coefficient (Wildman–Crippen LogP) is 4.38. The van der Waals surface area contributed by atoms with E-state index >= 15 is 0 Å². The van der Waals surface area contributed by atoms with Crippen LogP contribution in [0.2, 0.25) is 10.0 Å². The van der Waals surface area contributed by atoms with Crippen molar-refractivity contribution < 1.29 is 0 Å². The molecule has 1 saturated heterocycles. The Bertz CT molecular complexity index is 591. The van der Waals surface area contributed by atoms with E-state index in [-0.39, 0.29) is 0 Å². The fourth-order valence-electron chi connectivity index (χ4n) is 1.91. The molecule has 0 amide bonds. The molecule has 0 spiro atoms. The van der Waals surface area contributed by atoms with Crippen molar-refractivity contribution in [2.45, 2.75) is 6.04 Å². The number of benzene rings is 2. The Morgan fingerprint density at radius 3 is 2.16 bits per heavy atom. The van der Waals surface area contributed by atoms with Gasteiger partial charge in [-0.25, -0.2) is 0 Å². The molecule has 3 rings (SSSR count). The zero-order chi connectivity index (χ0) is 13.2. The molecule has 2 nitrogen and oxygen atoms in total. The third-order valence-electron chi connectivity index (χ3n) is 3.07. The van der Waals surface area contributed by atoms with Crippen LogP contribution in [0.15, 0.2) is 53.6 Å². The first-order valence-corrected chi connectivity index (χ1v) is 6.79. The van der Waals surface area contributed by atoms with Crippen molar-refractivity contribution in [3.05, 3.63) is 69.7 Å². The highest BCUT2D eigenvalue weighted by Gasteiger charge is 2.34. The van der Waals surface area contributed by atoms with Crippen molar-refractivity contribution in [1.82, 2.24) is 5.01 Å². The van der Waals surface area contributed by atoms with Crippen molar-refractivity contribution in [1.29, 1.82) is 0 Å². The van der Waals surface area contributed by atoms with Gasteiger partial charge in [0.15, 0.2) is 0 Å². The summed E-state index contributed by atoms with van der Waals surface area (Å²) in [6, 6.07) is 15.9. The summed E-state index contributed by atoms with van der Waals surface area (Å²) >= 11 is 11.7. The average molecular weight is 291 g/mol. The molecule has 96 valence electrons. The standard InChI is InChI=1S/C15H12Cl2N2/c16-13-5-1-11(2-6-13)9-18-19-10-15(19)12-3-7-14(17)8-4-12/h1-9,15H,10H2/b18-9+. The van der Waals surface area contributed by atoms with E-state index in [1.54, 1.807) is 0 Å². The topological polar surface area (TPSA) is 15.4 Å². The average Bonchev–Trinajstić information content (AvgIpc) is 3.19. The largest absolute Gasteiger partial charge is 0.285 e. The summed E-state index contributed by atoms with van der Waals surface area (Å²) in [5.41, 5.74) is 2.30. The molecule has 1 heterocycles. The zero-order valence-corrected chi connectivity index (χ0v) is 11.6. The second-order valence-corrected chi connectivity index (χ2v) is 5.36. The summed E-state index contributed by atoms with van der Waals surface area (Å²) in [5.74, 6) is 0. The first-order chi connectivity index (χ1) is 9.22. The van der Waals surface area contributed by atoms with Gasteiger partial charge in [0.25, 0.3) is 0 Å². The Balaban J connectivity index is 1.64. The van der Waals surface area contributed by atoms with Gasteiger partial charge in [0.2, 0.25) is 0 Å². The Hall–Kier alpha value is -1.51. The molecule has 1 unspecified atom stereocenters. The number of halogens is 2. The zero-order valence-electron chi connectivity index (χ0n) is 10.1. The second-order valence-electron chi connectivity index (χ2n) is 4.49. The quantitative estimate of drug-likeness (QED) is 0.605. The third kappa shape index (κ3) is 3.09. The lowest BCUT2D eigenvalue weighted by Gasteiger charge is -1.99. The van der Waals surface area contributed by atoms with Gasteiger partial charge >= 0.3 is 0 Å². The van der Waals surface area contributed by atoms with E-state index in [9.17, 15) is 0 Å². The number of hydrazone groups is 1. The van der Waals surface area contributed by atoms with E-state index in [1.165, 1.54) is 5.56 Å². The van der Waals surface area contributed by atoms with Crippen LogP contribution in [-0.4, -0.2) is 17.8 Å². The van der Waals surface area contributed by atoms with Gasteiger partial charge in [-0.1, -0.05) is 47.5 Å². The van der Waals surface area contributed by atoms with Gasteiger partial charge in [0.05, 0.1) is 18.8 Å². The molecule has 1 fully saturated rings. The Kier molecular flexibility index (Phi) is 3.45. The van der Waals surface area contributed by atoms with Crippen molar-refractivity contribution in [3.8, 4) is 0 Å². The van der Waals surface area contributed by atoms with E-state index in [0.29, 0.717) is 6.04 Å². The number of hydrogen-bond donors (Lipinski definition) is 0. The molecule has 0 radical (unpaired) electrons. The van der Waals surface area contributed by atoms with Gasteiger partial charge in [-0.15, -0.1) is 0 Å². The van der Waals surface area contributed by atoms with Crippen LogP contribution in [0.4, 0.5) is 0 Å². The molecule has 1 aliphatic rings. The third-order valence-corrected chi connectivity index (χ3v) is 3.57. The van der Waals surface area contributed by atoms with Gasteiger partial charge in [-0.2, -0.15) is 5.10 Å².